The predicted octanol–water partition coefficient (Wildman–Crippen LogP) is 3.43. The van der Waals surface area contributed by atoms with Crippen LogP contribution in [0.3, 0.4) is 0 Å². The summed E-state index contributed by atoms with van der Waals surface area (Å²) in [5.41, 5.74) is 3.13. The third kappa shape index (κ3) is 4.39. The predicted molar refractivity (Wildman–Crippen MR) is 115 cm³/mol. The first-order valence-corrected chi connectivity index (χ1v) is 11.8. The van der Waals surface area contributed by atoms with Crippen molar-refractivity contribution in [3.05, 3.63) is 83.4 Å². The summed E-state index contributed by atoms with van der Waals surface area (Å²) in [6.07, 6.45) is 4.22. The van der Waals surface area contributed by atoms with Crippen LogP contribution in [0.5, 0.6) is 0 Å². The van der Waals surface area contributed by atoms with Gasteiger partial charge in [0.05, 0.1) is 23.7 Å². The van der Waals surface area contributed by atoms with E-state index < -0.39 is 26.8 Å². The Labute approximate surface area is 181 Å². The lowest BCUT2D eigenvalue weighted by atomic mass is 9.92. The number of halogens is 1. The molecular weight excluding hydrogens is 417 g/mol. The highest BCUT2D eigenvalue weighted by Gasteiger charge is 2.33. The molecule has 0 fully saturated rings. The Morgan fingerprint density at radius 3 is 2.61 bits per heavy atom. The van der Waals surface area contributed by atoms with Gasteiger partial charge in [-0.25, -0.2) is 12.8 Å². The van der Waals surface area contributed by atoms with E-state index in [1.807, 2.05) is 35.0 Å². The van der Waals surface area contributed by atoms with Crippen LogP contribution in [0.4, 0.5) is 4.39 Å². The average molecular weight is 442 g/mol. The summed E-state index contributed by atoms with van der Waals surface area (Å²) >= 11 is 0. The summed E-state index contributed by atoms with van der Waals surface area (Å²) in [7, 11) is -3.92. The van der Waals surface area contributed by atoms with E-state index in [9.17, 15) is 17.6 Å². The van der Waals surface area contributed by atoms with Crippen LogP contribution in [-0.2, 0) is 27.6 Å². The van der Waals surface area contributed by atoms with Gasteiger partial charge < -0.3 is 5.32 Å². The molecule has 1 heterocycles. The number of carbonyl (C=O) groups is 1. The zero-order valence-corrected chi connectivity index (χ0v) is 18.0. The third-order valence-electron chi connectivity index (χ3n) is 5.73. The van der Waals surface area contributed by atoms with E-state index >= 15 is 0 Å². The van der Waals surface area contributed by atoms with Crippen molar-refractivity contribution in [1.82, 2.24) is 15.1 Å². The van der Waals surface area contributed by atoms with Crippen molar-refractivity contribution in [3.63, 3.8) is 0 Å². The Morgan fingerprint density at radius 1 is 1.19 bits per heavy atom. The Bertz CT molecular complexity index is 1170. The maximum Gasteiger partial charge on any atom is 0.238 e. The first-order chi connectivity index (χ1) is 14.9. The summed E-state index contributed by atoms with van der Waals surface area (Å²) in [5.74, 6) is -1.10. The molecule has 4 rings (SSSR count). The van der Waals surface area contributed by atoms with Gasteiger partial charge in [0, 0.05) is 11.3 Å². The van der Waals surface area contributed by atoms with Crippen molar-refractivity contribution in [2.45, 2.75) is 48.9 Å². The Hall–Kier alpha value is -3.00. The highest BCUT2D eigenvalue weighted by molar-refractivity contribution is 7.92. The molecule has 162 valence electrons. The SMILES string of the molecule is CC(C(=O)NC1CCCc2c1cnn2Cc1ccccc1)S(=O)(=O)c1ccc(F)cc1. The number of nitrogens with one attached hydrogen (secondary N) is 1. The average Bonchev–Trinajstić information content (AvgIpc) is 3.18. The Morgan fingerprint density at radius 2 is 1.90 bits per heavy atom. The van der Waals surface area contributed by atoms with Gasteiger partial charge in [-0.15, -0.1) is 0 Å². The number of hydrogen-bond donors (Lipinski definition) is 1. The van der Waals surface area contributed by atoms with E-state index in [1.165, 1.54) is 19.1 Å². The van der Waals surface area contributed by atoms with E-state index in [0.29, 0.717) is 6.54 Å². The molecular formula is C23H24FN3O3S. The molecule has 0 radical (unpaired) electrons. The molecule has 0 bridgehead atoms. The maximum atomic E-state index is 13.1. The van der Waals surface area contributed by atoms with Gasteiger partial charge >= 0.3 is 0 Å². The normalized spacial score (nSPS) is 17.0. The lowest BCUT2D eigenvalue weighted by Gasteiger charge is -2.25. The number of benzene rings is 2. The fourth-order valence-corrected chi connectivity index (χ4v) is 5.19. The van der Waals surface area contributed by atoms with Gasteiger partial charge in [0.15, 0.2) is 9.84 Å². The van der Waals surface area contributed by atoms with Gasteiger partial charge in [-0.1, -0.05) is 30.3 Å². The van der Waals surface area contributed by atoms with Crippen LogP contribution in [0.1, 0.15) is 42.6 Å². The van der Waals surface area contributed by atoms with Gasteiger partial charge in [-0.3, -0.25) is 9.48 Å². The van der Waals surface area contributed by atoms with Gasteiger partial charge in [0.2, 0.25) is 5.91 Å². The van der Waals surface area contributed by atoms with E-state index in [-0.39, 0.29) is 10.9 Å². The molecule has 2 atom stereocenters. The molecule has 0 spiro atoms. The van der Waals surface area contributed by atoms with E-state index in [0.717, 1.165) is 48.2 Å². The Balaban J connectivity index is 1.50. The second-order valence-corrected chi connectivity index (χ2v) is 10.1. The van der Waals surface area contributed by atoms with Crippen LogP contribution in [0.2, 0.25) is 0 Å². The summed E-state index contributed by atoms with van der Waals surface area (Å²) in [5, 5.41) is 6.12. The third-order valence-corrected chi connectivity index (χ3v) is 7.81. The van der Waals surface area contributed by atoms with E-state index in [2.05, 4.69) is 10.4 Å². The van der Waals surface area contributed by atoms with Crippen molar-refractivity contribution in [1.29, 1.82) is 0 Å². The van der Waals surface area contributed by atoms with Crippen LogP contribution in [0, 0.1) is 5.82 Å². The molecule has 6 nitrogen and oxygen atoms in total. The maximum absolute atomic E-state index is 13.1. The lowest BCUT2D eigenvalue weighted by Crippen LogP contribution is -2.40. The topological polar surface area (TPSA) is 81.1 Å². The number of carbonyl (C=O) groups excluding carboxylic acids is 1. The minimum Gasteiger partial charge on any atom is -0.348 e. The van der Waals surface area contributed by atoms with Crippen molar-refractivity contribution in [3.8, 4) is 0 Å². The lowest BCUT2D eigenvalue weighted by molar-refractivity contribution is -0.121. The zero-order valence-electron chi connectivity index (χ0n) is 17.2. The number of sulfone groups is 1. The number of hydrogen-bond acceptors (Lipinski definition) is 4. The molecule has 3 aromatic rings. The summed E-state index contributed by atoms with van der Waals surface area (Å²) < 4.78 is 40.6. The quantitative estimate of drug-likeness (QED) is 0.595. The fourth-order valence-electron chi connectivity index (χ4n) is 3.92. The van der Waals surface area contributed by atoms with Crippen molar-refractivity contribution >= 4 is 15.7 Å². The molecule has 1 amide bonds. The minimum absolute atomic E-state index is 0.0726. The molecule has 1 aliphatic carbocycles. The fraction of sp³-hybridized carbons (Fsp3) is 0.304. The number of rotatable bonds is 6. The smallest absolute Gasteiger partial charge is 0.238 e. The molecule has 31 heavy (non-hydrogen) atoms. The zero-order chi connectivity index (χ0) is 22.0. The van der Waals surface area contributed by atoms with Crippen LogP contribution in [-0.4, -0.2) is 29.4 Å². The van der Waals surface area contributed by atoms with Gasteiger partial charge in [-0.2, -0.15) is 5.10 Å². The first-order valence-electron chi connectivity index (χ1n) is 10.2. The van der Waals surface area contributed by atoms with Crippen LogP contribution in [0.25, 0.3) is 0 Å². The van der Waals surface area contributed by atoms with E-state index in [4.69, 9.17) is 0 Å². The van der Waals surface area contributed by atoms with Crippen molar-refractivity contribution < 1.29 is 17.6 Å². The van der Waals surface area contributed by atoms with Crippen molar-refractivity contribution in [2.24, 2.45) is 0 Å². The highest BCUT2D eigenvalue weighted by Crippen LogP contribution is 2.30. The Kier molecular flexibility index (Phi) is 5.91. The largest absolute Gasteiger partial charge is 0.348 e. The van der Waals surface area contributed by atoms with E-state index in [1.54, 1.807) is 6.20 Å². The van der Waals surface area contributed by atoms with Crippen LogP contribution in [0.15, 0.2) is 65.7 Å². The van der Waals surface area contributed by atoms with Gasteiger partial charge in [-0.05, 0) is 56.0 Å². The molecule has 0 aliphatic heterocycles. The van der Waals surface area contributed by atoms with Gasteiger partial charge in [0.25, 0.3) is 0 Å². The van der Waals surface area contributed by atoms with Crippen LogP contribution < -0.4 is 5.32 Å². The monoisotopic (exact) mass is 441 g/mol. The molecule has 2 aromatic carbocycles. The number of fused-ring (bicyclic) bond motifs is 1. The summed E-state index contributed by atoms with van der Waals surface area (Å²) in [6.45, 7) is 2.00. The number of nitrogens with zero attached hydrogens (tertiary/aromatic N) is 2. The van der Waals surface area contributed by atoms with Crippen LogP contribution >= 0.6 is 0 Å². The minimum atomic E-state index is -3.92. The standard InChI is InChI=1S/C23H24FN3O3S/c1-16(31(29,30)19-12-10-18(24)11-13-19)23(28)26-21-8-5-9-22-20(21)14-25-27(22)15-17-6-3-2-4-7-17/h2-4,6-7,10-14,16,21H,5,8-9,15H2,1H3,(H,26,28). The van der Waals surface area contributed by atoms with Gasteiger partial charge in [0.1, 0.15) is 11.1 Å². The molecule has 1 N–H and O–H groups in total. The molecule has 1 aliphatic rings. The molecule has 2 unspecified atom stereocenters. The second kappa shape index (κ2) is 8.63. The molecule has 0 saturated heterocycles. The van der Waals surface area contributed by atoms with Crippen molar-refractivity contribution in [2.75, 3.05) is 0 Å². The second-order valence-electron chi connectivity index (χ2n) is 7.78. The molecule has 0 saturated carbocycles. The number of amides is 1. The summed E-state index contributed by atoms with van der Waals surface area (Å²) in [6, 6.07) is 14.2. The molecule has 8 heteroatoms. The first kappa shape index (κ1) is 21.2. The highest BCUT2D eigenvalue weighted by atomic mass is 32.2. The molecule has 1 aromatic heterocycles. The number of aromatic nitrogens is 2. The summed E-state index contributed by atoms with van der Waals surface area (Å²) in [4.78, 5) is 12.7.